The van der Waals surface area contributed by atoms with Crippen molar-refractivity contribution >= 4 is 35.8 Å². The first-order valence-electron chi connectivity index (χ1n) is 11.4. The number of aryl methyl sites for hydroxylation is 1. The summed E-state index contributed by atoms with van der Waals surface area (Å²) in [6.45, 7) is 4.90. The number of guanidine groups is 1. The van der Waals surface area contributed by atoms with Crippen LogP contribution in [0.5, 0.6) is 0 Å². The van der Waals surface area contributed by atoms with Gasteiger partial charge >= 0.3 is 0 Å². The largest absolute Gasteiger partial charge is 0.382 e. The molecule has 2 unspecified atom stereocenters. The number of halogens is 1. The van der Waals surface area contributed by atoms with Gasteiger partial charge in [0.15, 0.2) is 5.96 Å². The van der Waals surface area contributed by atoms with Gasteiger partial charge in [-0.05, 0) is 37.3 Å². The van der Waals surface area contributed by atoms with Crippen molar-refractivity contribution in [1.29, 1.82) is 5.26 Å². The van der Waals surface area contributed by atoms with Crippen molar-refractivity contribution in [1.82, 2.24) is 29.5 Å². The molecule has 0 spiro atoms. The summed E-state index contributed by atoms with van der Waals surface area (Å²) in [6, 6.07) is 12.2. The van der Waals surface area contributed by atoms with Gasteiger partial charge in [0, 0.05) is 39.1 Å². The Hall–Kier alpha value is -3.07. The quantitative estimate of drug-likeness (QED) is 0.203. The zero-order chi connectivity index (χ0) is 23.2. The molecule has 1 aromatic carbocycles. The van der Waals surface area contributed by atoms with E-state index >= 15 is 0 Å². The summed E-state index contributed by atoms with van der Waals surface area (Å²) in [5, 5.41) is 17.7. The second-order valence-electron chi connectivity index (χ2n) is 8.43. The van der Waals surface area contributed by atoms with Gasteiger partial charge in [0.2, 0.25) is 0 Å². The number of aromatic nitrogens is 4. The summed E-state index contributed by atoms with van der Waals surface area (Å²) in [7, 11) is 1.82. The number of imidazole rings is 1. The molecule has 34 heavy (non-hydrogen) atoms. The standard InChI is InChI=1S/C24H31N9.HI/c1-18-10-13-31(16-22(18)32-14-12-28-17-32)24(27-2)29-11-6-9-21-20(15-25)23(26)33(30-21)19-7-4-3-5-8-19;/h3-5,7-8,12,14,17-18,22H,6,9-11,13,16,26H2,1-2H3,(H,27,29);1H. The minimum absolute atomic E-state index is 0. The molecule has 2 atom stereocenters. The number of nitrogens with two attached hydrogens (primary N) is 1. The maximum Gasteiger partial charge on any atom is 0.193 e. The second-order valence-corrected chi connectivity index (χ2v) is 8.43. The van der Waals surface area contributed by atoms with E-state index in [2.05, 4.69) is 42.9 Å². The van der Waals surface area contributed by atoms with Gasteiger partial charge in [-0.1, -0.05) is 25.1 Å². The van der Waals surface area contributed by atoms with Crippen molar-refractivity contribution < 1.29 is 0 Å². The second kappa shape index (κ2) is 11.9. The average molecular weight is 573 g/mol. The fourth-order valence-corrected chi connectivity index (χ4v) is 4.42. The lowest BCUT2D eigenvalue weighted by atomic mass is 9.93. The number of rotatable bonds is 6. The normalized spacial score (nSPS) is 18.3. The fourth-order valence-electron chi connectivity index (χ4n) is 4.42. The van der Waals surface area contributed by atoms with E-state index in [1.165, 1.54) is 0 Å². The number of nitriles is 1. The molecule has 1 fully saturated rings. The first-order valence-corrected chi connectivity index (χ1v) is 11.4. The molecule has 0 aliphatic carbocycles. The number of nitrogen functional groups attached to an aromatic ring is 1. The monoisotopic (exact) mass is 573 g/mol. The summed E-state index contributed by atoms with van der Waals surface area (Å²) in [5.74, 6) is 1.88. The van der Waals surface area contributed by atoms with Gasteiger partial charge in [0.1, 0.15) is 17.5 Å². The number of nitrogens with zero attached hydrogens (tertiary/aromatic N) is 7. The Labute approximate surface area is 217 Å². The van der Waals surface area contributed by atoms with Gasteiger partial charge in [-0.2, -0.15) is 10.4 Å². The van der Waals surface area contributed by atoms with Crippen molar-refractivity contribution in [2.24, 2.45) is 10.9 Å². The molecule has 9 nitrogen and oxygen atoms in total. The van der Waals surface area contributed by atoms with Crippen LogP contribution >= 0.6 is 24.0 Å². The third-order valence-electron chi connectivity index (χ3n) is 6.32. The Balaban J connectivity index is 0.00000324. The van der Waals surface area contributed by atoms with Crippen molar-refractivity contribution in [3.05, 3.63) is 60.3 Å². The van der Waals surface area contributed by atoms with E-state index in [0.29, 0.717) is 29.8 Å². The van der Waals surface area contributed by atoms with Gasteiger partial charge in [-0.3, -0.25) is 4.99 Å². The van der Waals surface area contributed by atoms with Crippen LogP contribution in [0.1, 0.15) is 37.1 Å². The molecule has 2 aromatic heterocycles. The zero-order valence-corrected chi connectivity index (χ0v) is 22.0. The van der Waals surface area contributed by atoms with Crippen LogP contribution < -0.4 is 11.1 Å². The molecule has 3 N–H and O–H groups in total. The molecule has 0 saturated carbocycles. The Morgan fingerprint density at radius 1 is 1.32 bits per heavy atom. The SMILES string of the molecule is CN=C(NCCCc1nn(-c2ccccc2)c(N)c1C#N)N1CCC(C)C(n2ccnc2)C1.I. The van der Waals surface area contributed by atoms with Crippen LogP contribution in [0.2, 0.25) is 0 Å². The molecule has 10 heteroatoms. The van der Waals surface area contributed by atoms with Gasteiger partial charge in [0.25, 0.3) is 0 Å². The maximum atomic E-state index is 9.61. The predicted octanol–water partition coefficient (Wildman–Crippen LogP) is 3.23. The molecular formula is C24H32IN9. The smallest absolute Gasteiger partial charge is 0.193 e. The number of nitrogens with one attached hydrogen (secondary N) is 1. The lowest BCUT2D eigenvalue weighted by Crippen LogP contribution is -2.49. The molecular weight excluding hydrogens is 541 g/mol. The minimum Gasteiger partial charge on any atom is -0.382 e. The van der Waals surface area contributed by atoms with Gasteiger partial charge in [0.05, 0.1) is 23.8 Å². The Morgan fingerprint density at radius 2 is 2.12 bits per heavy atom. The number of likely N-dealkylation sites (tertiary alicyclic amines) is 1. The van der Waals surface area contributed by atoms with Gasteiger partial charge < -0.3 is 20.5 Å². The van der Waals surface area contributed by atoms with Crippen LogP contribution in [-0.2, 0) is 6.42 Å². The maximum absolute atomic E-state index is 9.61. The van der Waals surface area contributed by atoms with Crippen LogP contribution in [0.4, 0.5) is 5.82 Å². The Kier molecular flexibility index (Phi) is 8.92. The molecule has 1 saturated heterocycles. The van der Waals surface area contributed by atoms with Crippen LogP contribution in [0, 0.1) is 17.2 Å². The highest BCUT2D eigenvalue weighted by Gasteiger charge is 2.28. The van der Waals surface area contributed by atoms with Crippen LogP contribution in [0.3, 0.4) is 0 Å². The average Bonchev–Trinajstić information content (AvgIpc) is 3.48. The number of aliphatic imine (C=N–C) groups is 1. The molecule has 0 amide bonds. The van der Waals surface area contributed by atoms with Gasteiger partial charge in [-0.15, -0.1) is 24.0 Å². The summed E-state index contributed by atoms with van der Waals surface area (Å²) in [4.78, 5) is 11.0. The molecule has 4 rings (SSSR count). The molecule has 0 bridgehead atoms. The highest BCUT2D eigenvalue weighted by molar-refractivity contribution is 14.0. The summed E-state index contributed by atoms with van der Waals surface area (Å²) >= 11 is 0. The first-order chi connectivity index (χ1) is 16.1. The Morgan fingerprint density at radius 3 is 2.79 bits per heavy atom. The summed E-state index contributed by atoms with van der Waals surface area (Å²) in [5.41, 5.74) is 8.24. The van der Waals surface area contributed by atoms with E-state index < -0.39 is 0 Å². The minimum atomic E-state index is 0. The van der Waals surface area contributed by atoms with Crippen LogP contribution in [0.15, 0.2) is 54.0 Å². The van der Waals surface area contributed by atoms with E-state index in [1.54, 1.807) is 4.68 Å². The van der Waals surface area contributed by atoms with Crippen molar-refractivity contribution in [2.45, 2.75) is 32.2 Å². The number of para-hydroxylation sites is 1. The van der Waals surface area contributed by atoms with E-state index in [9.17, 15) is 5.26 Å². The third-order valence-corrected chi connectivity index (χ3v) is 6.32. The Bertz CT molecular complexity index is 1120. The first kappa shape index (κ1) is 25.6. The summed E-state index contributed by atoms with van der Waals surface area (Å²) < 4.78 is 3.84. The molecule has 3 aromatic rings. The van der Waals surface area contributed by atoms with E-state index in [4.69, 9.17) is 5.73 Å². The zero-order valence-electron chi connectivity index (χ0n) is 19.6. The number of anilines is 1. The highest BCUT2D eigenvalue weighted by Crippen LogP contribution is 2.27. The van der Waals surface area contributed by atoms with Crippen molar-refractivity contribution in [3.8, 4) is 11.8 Å². The lowest BCUT2D eigenvalue weighted by Gasteiger charge is -2.39. The third kappa shape index (κ3) is 5.52. The fraction of sp³-hybridized carbons (Fsp3) is 0.417. The number of hydrogen-bond acceptors (Lipinski definition) is 5. The molecule has 180 valence electrons. The topological polar surface area (TPSA) is 113 Å². The molecule has 0 radical (unpaired) electrons. The van der Waals surface area contributed by atoms with Gasteiger partial charge in [-0.25, -0.2) is 9.67 Å². The predicted molar refractivity (Wildman–Crippen MR) is 144 cm³/mol. The summed E-state index contributed by atoms with van der Waals surface area (Å²) in [6.07, 6.45) is 8.34. The number of piperidine rings is 1. The lowest BCUT2D eigenvalue weighted by molar-refractivity contribution is 0.189. The van der Waals surface area contributed by atoms with E-state index in [-0.39, 0.29) is 24.0 Å². The van der Waals surface area contributed by atoms with Crippen molar-refractivity contribution in [3.63, 3.8) is 0 Å². The molecule has 1 aliphatic rings. The number of benzene rings is 1. The van der Waals surface area contributed by atoms with E-state index in [0.717, 1.165) is 49.8 Å². The van der Waals surface area contributed by atoms with Crippen molar-refractivity contribution in [2.75, 3.05) is 32.4 Å². The van der Waals surface area contributed by atoms with E-state index in [1.807, 2.05) is 56.1 Å². The van der Waals surface area contributed by atoms with Crippen LogP contribution in [-0.4, -0.2) is 56.9 Å². The molecule has 3 heterocycles. The highest BCUT2D eigenvalue weighted by atomic mass is 127. The molecule has 1 aliphatic heterocycles. The number of hydrogen-bond donors (Lipinski definition) is 2. The van der Waals surface area contributed by atoms with Crippen LogP contribution in [0.25, 0.3) is 5.69 Å².